The van der Waals surface area contributed by atoms with E-state index in [2.05, 4.69) is 26.0 Å². The number of rotatable bonds is 6. The van der Waals surface area contributed by atoms with Crippen molar-refractivity contribution in [3.63, 3.8) is 0 Å². The fourth-order valence-corrected chi connectivity index (χ4v) is 3.99. The molecule has 2 saturated carbocycles. The van der Waals surface area contributed by atoms with Gasteiger partial charge in [-0.15, -0.1) is 24.0 Å². The van der Waals surface area contributed by atoms with E-state index in [0.29, 0.717) is 17.6 Å². The molecule has 168 valence electrons. The van der Waals surface area contributed by atoms with Gasteiger partial charge in [0.05, 0.1) is 11.9 Å². The highest BCUT2D eigenvalue weighted by molar-refractivity contribution is 14.0. The molecular weight excluding hydrogens is 527 g/mol. The molecule has 2 aliphatic rings. The van der Waals surface area contributed by atoms with Crippen molar-refractivity contribution in [3.05, 3.63) is 47.2 Å². The van der Waals surface area contributed by atoms with Crippen molar-refractivity contribution in [2.45, 2.75) is 57.2 Å². The van der Waals surface area contributed by atoms with Crippen LogP contribution >= 0.6 is 35.6 Å². The standard InChI is InChI=1S/C22H29ClN6O.HI/c1-24-22(28-19-4-2-3-16(11-19)21(30)27-18-7-8-18)25-12-15-13-26-29(14-15)20-9-5-17(23)6-10-20;/h5-6,9-10,13-14,16,18-19H,2-4,7-8,11-12H2,1H3,(H,27,30)(H2,24,25,28);1H. The third-order valence-electron chi connectivity index (χ3n) is 5.72. The summed E-state index contributed by atoms with van der Waals surface area (Å²) < 4.78 is 1.83. The summed E-state index contributed by atoms with van der Waals surface area (Å²) in [6, 6.07) is 8.26. The highest BCUT2D eigenvalue weighted by Crippen LogP contribution is 2.26. The predicted octanol–water partition coefficient (Wildman–Crippen LogP) is 3.65. The van der Waals surface area contributed by atoms with Crippen molar-refractivity contribution in [1.82, 2.24) is 25.7 Å². The highest BCUT2D eigenvalue weighted by atomic mass is 127. The van der Waals surface area contributed by atoms with Crippen LogP contribution in [-0.4, -0.2) is 40.8 Å². The molecule has 0 spiro atoms. The molecule has 1 amide bonds. The van der Waals surface area contributed by atoms with Crippen LogP contribution in [0.15, 0.2) is 41.7 Å². The van der Waals surface area contributed by atoms with Gasteiger partial charge in [0.2, 0.25) is 5.91 Å². The van der Waals surface area contributed by atoms with Crippen molar-refractivity contribution in [3.8, 4) is 5.69 Å². The first-order valence-corrected chi connectivity index (χ1v) is 11.1. The van der Waals surface area contributed by atoms with Crippen LogP contribution in [0.4, 0.5) is 0 Å². The smallest absolute Gasteiger partial charge is 0.223 e. The molecule has 0 saturated heterocycles. The van der Waals surface area contributed by atoms with Crippen molar-refractivity contribution < 1.29 is 4.79 Å². The number of aliphatic imine (C=N–C) groups is 1. The summed E-state index contributed by atoms with van der Waals surface area (Å²) in [7, 11) is 1.77. The zero-order chi connectivity index (χ0) is 20.9. The van der Waals surface area contributed by atoms with Crippen molar-refractivity contribution in [1.29, 1.82) is 0 Å². The highest BCUT2D eigenvalue weighted by Gasteiger charge is 2.31. The zero-order valence-corrected chi connectivity index (χ0v) is 20.8. The number of benzene rings is 1. The fraction of sp³-hybridized carbons (Fsp3) is 0.500. The molecule has 9 heteroatoms. The predicted molar refractivity (Wildman–Crippen MR) is 134 cm³/mol. The summed E-state index contributed by atoms with van der Waals surface area (Å²) >= 11 is 5.95. The van der Waals surface area contributed by atoms with Crippen LogP contribution in [0.1, 0.15) is 44.1 Å². The van der Waals surface area contributed by atoms with Gasteiger partial charge in [-0.3, -0.25) is 9.79 Å². The van der Waals surface area contributed by atoms with E-state index < -0.39 is 0 Å². The number of amides is 1. The third-order valence-corrected chi connectivity index (χ3v) is 5.97. The second-order valence-corrected chi connectivity index (χ2v) is 8.62. The number of halogens is 2. The third kappa shape index (κ3) is 6.83. The molecule has 4 rings (SSSR count). The number of hydrogen-bond acceptors (Lipinski definition) is 3. The Morgan fingerprint density at radius 1 is 1.16 bits per heavy atom. The lowest BCUT2D eigenvalue weighted by molar-refractivity contribution is -0.126. The lowest BCUT2D eigenvalue weighted by Gasteiger charge is -2.30. The molecule has 2 aliphatic carbocycles. The number of carbonyl (C=O) groups is 1. The molecule has 31 heavy (non-hydrogen) atoms. The second kappa shape index (κ2) is 11.2. The Kier molecular flexibility index (Phi) is 8.59. The Hall–Kier alpha value is -1.81. The van der Waals surface area contributed by atoms with Gasteiger partial charge >= 0.3 is 0 Å². The van der Waals surface area contributed by atoms with Gasteiger partial charge in [-0.2, -0.15) is 5.10 Å². The van der Waals surface area contributed by atoms with Gasteiger partial charge in [-0.05, 0) is 56.4 Å². The molecule has 2 fully saturated rings. The van der Waals surface area contributed by atoms with Crippen LogP contribution in [0.3, 0.4) is 0 Å². The average Bonchev–Trinajstić information content (AvgIpc) is 3.45. The molecule has 2 unspecified atom stereocenters. The minimum absolute atomic E-state index is 0. The minimum atomic E-state index is 0. The first kappa shape index (κ1) is 23.8. The maximum atomic E-state index is 12.4. The molecule has 0 aliphatic heterocycles. The van der Waals surface area contributed by atoms with Gasteiger partial charge in [0.1, 0.15) is 0 Å². The summed E-state index contributed by atoms with van der Waals surface area (Å²) in [4.78, 5) is 16.7. The first-order valence-electron chi connectivity index (χ1n) is 10.7. The van der Waals surface area contributed by atoms with Gasteiger partial charge in [-0.25, -0.2) is 4.68 Å². The molecule has 0 bridgehead atoms. The first-order chi connectivity index (χ1) is 14.6. The van der Waals surface area contributed by atoms with Crippen LogP contribution in [0.25, 0.3) is 5.69 Å². The number of carbonyl (C=O) groups excluding carboxylic acids is 1. The largest absolute Gasteiger partial charge is 0.354 e. The maximum absolute atomic E-state index is 12.4. The van der Waals surface area contributed by atoms with Gasteiger partial charge in [0, 0.05) is 48.4 Å². The number of nitrogens with zero attached hydrogens (tertiary/aromatic N) is 3. The fourth-order valence-electron chi connectivity index (χ4n) is 3.87. The van der Waals surface area contributed by atoms with Crippen LogP contribution in [-0.2, 0) is 11.3 Å². The molecule has 1 aromatic carbocycles. The normalized spacial score (nSPS) is 21.2. The summed E-state index contributed by atoms with van der Waals surface area (Å²) in [5.41, 5.74) is 2.02. The number of aromatic nitrogens is 2. The SMILES string of the molecule is CN=C(NCc1cnn(-c2ccc(Cl)cc2)c1)NC1CCCC(C(=O)NC2CC2)C1.I. The number of guanidine groups is 1. The quantitative estimate of drug-likeness (QED) is 0.288. The lowest BCUT2D eigenvalue weighted by Crippen LogP contribution is -2.47. The monoisotopic (exact) mass is 556 g/mol. The summed E-state index contributed by atoms with van der Waals surface area (Å²) in [6.07, 6.45) is 10.0. The van der Waals surface area contributed by atoms with Crippen LogP contribution in [0.2, 0.25) is 5.02 Å². The van der Waals surface area contributed by atoms with Gasteiger partial charge in [0.15, 0.2) is 5.96 Å². The Morgan fingerprint density at radius 2 is 1.94 bits per heavy atom. The molecule has 0 radical (unpaired) electrons. The van der Waals surface area contributed by atoms with E-state index in [0.717, 1.165) is 55.7 Å². The molecule has 3 N–H and O–H groups in total. The van der Waals surface area contributed by atoms with Crippen molar-refractivity contribution >= 4 is 47.4 Å². The maximum Gasteiger partial charge on any atom is 0.223 e. The summed E-state index contributed by atoms with van der Waals surface area (Å²) in [5, 5.41) is 15.1. The van der Waals surface area contributed by atoms with E-state index in [1.165, 1.54) is 0 Å². The van der Waals surface area contributed by atoms with E-state index >= 15 is 0 Å². The minimum Gasteiger partial charge on any atom is -0.354 e. The van der Waals surface area contributed by atoms with Crippen molar-refractivity contribution in [2.75, 3.05) is 7.05 Å². The van der Waals surface area contributed by atoms with E-state index in [9.17, 15) is 4.79 Å². The van der Waals surface area contributed by atoms with E-state index in [1.807, 2.05) is 41.3 Å². The van der Waals surface area contributed by atoms with Gasteiger partial charge in [0.25, 0.3) is 0 Å². The van der Waals surface area contributed by atoms with E-state index in [4.69, 9.17) is 11.6 Å². The Morgan fingerprint density at radius 3 is 2.65 bits per heavy atom. The topological polar surface area (TPSA) is 83.3 Å². The molecule has 2 aromatic rings. The van der Waals surface area contributed by atoms with Crippen molar-refractivity contribution in [2.24, 2.45) is 10.9 Å². The average molecular weight is 557 g/mol. The van der Waals surface area contributed by atoms with Gasteiger partial charge in [-0.1, -0.05) is 18.0 Å². The summed E-state index contributed by atoms with van der Waals surface area (Å²) in [6.45, 7) is 0.617. The molecular formula is C22H30ClIN6O. The summed E-state index contributed by atoms with van der Waals surface area (Å²) in [5.74, 6) is 1.08. The zero-order valence-electron chi connectivity index (χ0n) is 17.7. The number of nitrogens with one attached hydrogen (secondary N) is 3. The number of hydrogen-bond donors (Lipinski definition) is 3. The Labute approximate surface area is 205 Å². The molecule has 7 nitrogen and oxygen atoms in total. The molecule has 2 atom stereocenters. The van der Waals surface area contributed by atoms with E-state index in [1.54, 1.807) is 7.05 Å². The van der Waals surface area contributed by atoms with Crippen LogP contribution in [0, 0.1) is 5.92 Å². The Bertz CT molecular complexity index is 896. The molecule has 1 heterocycles. The Balaban J connectivity index is 0.00000272. The molecule has 1 aromatic heterocycles. The van der Waals surface area contributed by atoms with Crippen LogP contribution < -0.4 is 16.0 Å². The second-order valence-electron chi connectivity index (χ2n) is 8.18. The lowest BCUT2D eigenvalue weighted by atomic mass is 9.85. The van der Waals surface area contributed by atoms with Crippen LogP contribution in [0.5, 0.6) is 0 Å². The van der Waals surface area contributed by atoms with Gasteiger partial charge < -0.3 is 16.0 Å². The van der Waals surface area contributed by atoms with E-state index in [-0.39, 0.29) is 41.8 Å².